The Kier molecular flexibility index (Phi) is 45.7. The number of hydrogen-bond acceptors (Lipinski definition) is 18. The van der Waals surface area contributed by atoms with E-state index in [2.05, 4.69) is 141 Å². The molecule has 0 aliphatic carbocycles. The van der Waals surface area contributed by atoms with Crippen molar-refractivity contribution in [2.75, 3.05) is 26.4 Å². The second-order valence-electron chi connectivity index (χ2n) is 23.2. The molecule has 0 aromatic rings. The maximum Gasteiger partial charge on any atom is 0.220 e. The monoisotopic (exact) mass is 1270 g/mol. The lowest BCUT2D eigenvalue weighted by Crippen LogP contribution is -2.66. The molecule has 19 heteroatoms. The number of unbranched alkanes of at least 4 members (excludes halogenated alkanes) is 12. The van der Waals surface area contributed by atoms with Crippen LogP contribution in [-0.4, -0.2) is 193 Å². The molecule has 0 radical (unpaired) electrons. The number of carbonyl (C=O) groups is 1. The van der Waals surface area contributed by atoms with E-state index in [1.54, 1.807) is 6.08 Å². The first-order chi connectivity index (χ1) is 43.8. The van der Waals surface area contributed by atoms with Crippen LogP contribution in [0.2, 0.25) is 0 Å². The number of aliphatic hydroxyl groups is 11. The molecule has 17 atom stereocenters. The van der Waals surface area contributed by atoms with Gasteiger partial charge in [-0.3, -0.25) is 4.79 Å². The Morgan fingerprint density at radius 3 is 1.24 bits per heavy atom. The van der Waals surface area contributed by atoms with Crippen LogP contribution in [-0.2, 0) is 33.2 Å². The third-order valence-corrected chi connectivity index (χ3v) is 15.7. The third-order valence-electron chi connectivity index (χ3n) is 15.7. The first kappa shape index (κ1) is 80.2. The molecule has 1 amide bonds. The summed E-state index contributed by atoms with van der Waals surface area (Å²) in [6, 6.07) is -1.02. The fraction of sp³-hybridized carbons (Fsp3) is 0.676. The molecule has 90 heavy (non-hydrogen) atoms. The third kappa shape index (κ3) is 33.2. The zero-order chi connectivity index (χ0) is 65.4. The Bertz CT molecular complexity index is 2150. The number of allylic oxidation sites excluding steroid dienone is 21. The van der Waals surface area contributed by atoms with Crippen molar-refractivity contribution >= 4 is 5.91 Å². The number of amides is 1. The Hall–Kier alpha value is -4.07. The van der Waals surface area contributed by atoms with E-state index >= 15 is 0 Å². The summed E-state index contributed by atoms with van der Waals surface area (Å²) in [5.74, 6) is -0.321. The lowest BCUT2D eigenvalue weighted by Gasteiger charge is -2.48. The minimum absolute atomic E-state index is 0.192. The Labute approximate surface area is 537 Å². The van der Waals surface area contributed by atoms with Crippen molar-refractivity contribution in [1.82, 2.24) is 5.32 Å². The molecule has 0 saturated carbocycles. The maximum absolute atomic E-state index is 13.4. The molecule has 0 spiro atoms. The molecule has 3 fully saturated rings. The van der Waals surface area contributed by atoms with Gasteiger partial charge in [0.25, 0.3) is 0 Å². The van der Waals surface area contributed by atoms with Crippen molar-refractivity contribution in [1.29, 1.82) is 0 Å². The number of carbonyl (C=O) groups excluding carboxylic acids is 1. The van der Waals surface area contributed by atoms with Gasteiger partial charge in [0.2, 0.25) is 5.91 Å². The number of ether oxygens (including phenoxy) is 6. The second kappa shape index (κ2) is 51.4. The lowest BCUT2D eigenvalue weighted by molar-refractivity contribution is -0.379. The van der Waals surface area contributed by atoms with Gasteiger partial charge in [-0.15, -0.1) is 0 Å². The van der Waals surface area contributed by atoms with Gasteiger partial charge >= 0.3 is 0 Å². The van der Waals surface area contributed by atoms with E-state index in [1.165, 1.54) is 38.5 Å². The summed E-state index contributed by atoms with van der Waals surface area (Å²) >= 11 is 0. The van der Waals surface area contributed by atoms with E-state index in [1.807, 2.05) is 6.08 Å². The second-order valence-corrected chi connectivity index (χ2v) is 23.2. The van der Waals surface area contributed by atoms with E-state index in [0.29, 0.717) is 12.8 Å². The molecule has 3 saturated heterocycles. The first-order valence-corrected chi connectivity index (χ1v) is 33.4. The fourth-order valence-electron chi connectivity index (χ4n) is 10.2. The highest BCUT2D eigenvalue weighted by molar-refractivity contribution is 5.76. The van der Waals surface area contributed by atoms with E-state index in [9.17, 15) is 61.0 Å². The summed E-state index contributed by atoms with van der Waals surface area (Å²) in [7, 11) is 0. The highest BCUT2D eigenvalue weighted by atomic mass is 16.8. The summed E-state index contributed by atoms with van der Waals surface area (Å²) in [4.78, 5) is 13.4. The highest BCUT2D eigenvalue weighted by Crippen LogP contribution is 2.33. The van der Waals surface area contributed by atoms with E-state index in [-0.39, 0.29) is 12.3 Å². The van der Waals surface area contributed by atoms with Crippen LogP contribution in [0.1, 0.15) is 174 Å². The van der Waals surface area contributed by atoms with Crippen LogP contribution < -0.4 is 5.32 Å². The van der Waals surface area contributed by atoms with Crippen LogP contribution in [0.3, 0.4) is 0 Å². The SMILES string of the molecule is CC/C=C\C/C=C\C/C=C\C/C=C\C/C=C\C/C=C\C/C=C\C/C=C\CCCCCCC(=O)NC(COC1OC(CO)C(OC2OC(CO)C(OC3OC(CO)C(O)C(O)C3O)C(O)C2O)C(O)C1O)C(O)/C=C/CC/C=C/CC/C=C/CCCCCCCC. The Morgan fingerprint density at radius 1 is 0.411 bits per heavy atom. The molecule has 17 unspecified atom stereocenters. The molecule has 3 aliphatic heterocycles. The largest absolute Gasteiger partial charge is 0.394 e. The average Bonchev–Trinajstić information content (AvgIpc) is 1.05. The van der Waals surface area contributed by atoms with Gasteiger partial charge in [0.05, 0.1) is 38.6 Å². The van der Waals surface area contributed by atoms with Gasteiger partial charge < -0.3 is 89.9 Å². The van der Waals surface area contributed by atoms with Crippen molar-refractivity contribution < 1.29 is 89.4 Å². The molecule has 512 valence electrons. The number of aliphatic hydroxyl groups excluding tert-OH is 11. The van der Waals surface area contributed by atoms with E-state index < -0.39 is 131 Å². The van der Waals surface area contributed by atoms with Crippen LogP contribution in [0.15, 0.2) is 134 Å². The van der Waals surface area contributed by atoms with Crippen LogP contribution in [0.5, 0.6) is 0 Å². The zero-order valence-corrected chi connectivity index (χ0v) is 53.8. The van der Waals surface area contributed by atoms with Gasteiger partial charge in [0, 0.05) is 6.42 Å². The summed E-state index contributed by atoms with van der Waals surface area (Å²) in [6.07, 6.45) is 44.2. The predicted octanol–water partition coefficient (Wildman–Crippen LogP) is 8.21. The fourth-order valence-corrected chi connectivity index (χ4v) is 10.2. The van der Waals surface area contributed by atoms with Crippen molar-refractivity contribution in [2.24, 2.45) is 0 Å². The van der Waals surface area contributed by atoms with Crippen molar-refractivity contribution in [3.63, 3.8) is 0 Å². The molecular formula is C71H115NO18. The van der Waals surface area contributed by atoms with Crippen LogP contribution in [0, 0.1) is 0 Å². The van der Waals surface area contributed by atoms with E-state index in [0.717, 1.165) is 103 Å². The Balaban J connectivity index is 1.46. The molecule has 0 aromatic carbocycles. The van der Waals surface area contributed by atoms with Crippen molar-refractivity contribution in [3.05, 3.63) is 134 Å². The minimum Gasteiger partial charge on any atom is -0.394 e. The van der Waals surface area contributed by atoms with Gasteiger partial charge in [-0.2, -0.15) is 0 Å². The molecular weight excluding hydrogens is 1150 g/mol. The first-order valence-electron chi connectivity index (χ1n) is 33.4. The molecule has 0 aromatic heterocycles. The minimum atomic E-state index is -1.99. The summed E-state index contributed by atoms with van der Waals surface area (Å²) in [5.41, 5.74) is 0. The van der Waals surface area contributed by atoms with Crippen LogP contribution in [0.4, 0.5) is 0 Å². The standard InChI is InChI=1S/C71H115NO18/c1-3-5-7-9-11-13-15-17-19-21-22-23-24-25-26-27-28-29-30-31-32-33-35-37-39-41-43-45-47-49-59(77)72-54(55(76)48-46-44-42-40-38-36-34-20-18-16-14-12-10-8-6-4-2)53-85-69-65(83)62(80)67(57(51-74)87-69)90-71-66(84)63(81)68(58(52-75)88-71)89-70-64(82)61(79)60(78)56(50-73)86-70/h5,7,11,13,17-20,22-23,25-26,28-29,31-32,35,37-38,40,46,48,54-58,60-71,73-76,78-84H,3-4,6,8-10,12,14-16,21,24,27,30,33-34,36,39,41-45,47,49-53H2,1-2H3,(H,72,77)/b7-5-,13-11-,19-17-,20-18+,23-22-,26-25-,29-28-,32-31-,37-35-,40-38+,48-46+. The molecule has 3 rings (SSSR count). The topological polar surface area (TPSA) is 307 Å². The maximum atomic E-state index is 13.4. The smallest absolute Gasteiger partial charge is 0.220 e. The van der Waals surface area contributed by atoms with Gasteiger partial charge in [0.15, 0.2) is 18.9 Å². The Morgan fingerprint density at radius 2 is 0.778 bits per heavy atom. The molecule has 3 heterocycles. The van der Waals surface area contributed by atoms with Crippen LogP contribution >= 0.6 is 0 Å². The lowest BCUT2D eigenvalue weighted by atomic mass is 9.96. The summed E-state index contributed by atoms with van der Waals surface area (Å²) in [6.45, 7) is 1.52. The molecule has 19 nitrogen and oxygen atoms in total. The van der Waals surface area contributed by atoms with E-state index in [4.69, 9.17) is 28.4 Å². The number of rotatable bonds is 48. The summed E-state index contributed by atoms with van der Waals surface area (Å²) in [5, 5.41) is 120. The van der Waals surface area contributed by atoms with Gasteiger partial charge in [-0.1, -0.05) is 192 Å². The van der Waals surface area contributed by atoms with Gasteiger partial charge in [-0.05, 0) is 109 Å². The number of nitrogens with one attached hydrogen (secondary N) is 1. The molecule has 3 aliphatic rings. The summed E-state index contributed by atoms with van der Waals surface area (Å²) < 4.78 is 34.2. The highest BCUT2D eigenvalue weighted by Gasteiger charge is 2.53. The number of hydrogen-bond donors (Lipinski definition) is 12. The average molecular weight is 1270 g/mol. The molecule has 0 bridgehead atoms. The van der Waals surface area contributed by atoms with Crippen molar-refractivity contribution in [2.45, 2.75) is 279 Å². The molecule has 12 N–H and O–H groups in total. The quantitative estimate of drug-likeness (QED) is 0.0202. The van der Waals surface area contributed by atoms with Crippen molar-refractivity contribution in [3.8, 4) is 0 Å². The van der Waals surface area contributed by atoms with Gasteiger partial charge in [-0.25, -0.2) is 0 Å². The normalized spacial score (nSPS) is 28.9. The zero-order valence-electron chi connectivity index (χ0n) is 53.8. The van der Waals surface area contributed by atoms with Crippen LogP contribution in [0.25, 0.3) is 0 Å². The predicted molar refractivity (Wildman–Crippen MR) is 350 cm³/mol. The van der Waals surface area contributed by atoms with Gasteiger partial charge in [0.1, 0.15) is 73.2 Å².